The van der Waals surface area contributed by atoms with Crippen molar-refractivity contribution in [2.24, 2.45) is 0 Å². The van der Waals surface area contributed by atoms with E-state index in [1.165, 1.54) is 21.9 Å². The van der Waals surface area contributed by atoms with Gasteiger partial charge in [0, 0.05) is 37.4 Å². The number of nitrogens with zero attached hydrogens (tertiary/aromatic N) is 3. The molecule has 8 rings (SSSR count). The molecule has 3 aromatic heterocycles. The number of fused-ring (bicyclic) bond motifs is 4. The summed E-state index contributed by atoms with van der Waals surface area (Å²) < 4.78 is 8.58. The Hall–Kier alpha value is -4.61. The topological polar surface area (TPSA) is 43.9 Å². The molecule has 0 aliphatic carbocycles. The molecule has 0 aliphatic rings. The van der Waals surface area contributed by atoms with Crippen molar-refractivity contribution in [3.63, 3.8) is 0 Å². The molecule has 0 fully saturated rings. The molecular formula is C42H37IrN3OSi-2. The van der Waals surface area contributed by atoms with Gasteiger partial charge in [-0.25, -0.2) is 0 Å². The average Bonchev–Trinajstić information content (AvgIpc) is 3.64. The molecule has 6 heteroatoms. The smallest absolute Gasteiger partial charge is 0.120 e. The molecular weight excluding hydrogens is 783 g/mol. The van der Waals surface area contributed by atoms with Crippen molar-refractivity contribution in [2.75, 3.05) is 0 Å². The van der Waals surface area contributed by atoms with Gasteiger partial charge in [-0.2, -0.15) is 0 Å². The Morgan fingerprint density at radius 1 is 0.729 bits per heavy atom. The maximum absolute atomic E-state index is 6.32. The number of aryl methyl sites for hydroxylation is 3. The first-order chi connectivity index (χ1) is 22.7. The third-order valence-electron chi connectivity index (χ3n) is 8.60. The molecule has 0 bridgehead atoms. The van der Waals surface area contributed by atoms with E-state index in [1.807, 2.05) is 60.8 Å². The zero-order valence-corrected chi connectivity index (χ0v) is 31.4. The van der Waals surface area contributed by atoms with E-state index in [1.54, 1.807) is 0 Å². The zero-order chi connectivity index (χ0) is 32.7. The Morgan fingerprint density at radius 3 is 2.17 bits per heavy atom. The first-order valence-electron chi connectivity index (χ1n) is 16.0. The van der Waals surface area contributed by atoms with E-state index in [0.29, 0.717) is 0 Å². The molecule has 0 amide bonds. The first-order valence-corrected chi connectivity index (χ1v) is 19.5. The molecule has 5 aromatic carbocycles. The van der Waals surface area contributed by atoms with Crippen LogP contribution in [0.5, 0.6) is 0 Å². The normalized spacial score (nSPS) is 11.4. The Labute approximate surface area is 296 Å². The van der Waals surface area contributed by atoms with Crippen LogP contribution in [-0.4, -0.2) is 22.6 Å². The quantitative estimate of drug-likeness (QED) is 0.131. The second-order valence-corrected chi connectivity index (χ2v) is 18.2. The fraction of sp³-hybridized carbons (Fsp3) is 0.143. The number of aromatic nitrogens is 3. The molecule has 0 aliphatic heterocycles. The molecule has 4 nitrogen and oxygen atoms in total. The van der Waals surface area contributed by atoms with Crippen molar-refractivity contribution in [3.05, 3.63) is 144 Å². The van der Waals surface area contributed by atoms with Crippen LogP contribution in [-0.2, 0) is 20.1 Å². The zero-order valence-electron chi connectivity index (χ0n) is 28.1. The minimum absolute atomic E-state index is 0. The Kier molecular flexibility index (Phi) is 9.35. The van der Waals surface area contributed by atoms with Crippen LogP contribution in [0.4, 0.5) is 0 Å². The summed E-state index contributed by atoms with van der Waals surface area (Å²) in [5.74, 6) is 0.848. The molecule has 0 N–H and O–H groups in total. The maximum Gasteiger partial charge on any atom is 0.120 e. The van der Waals surface area contributed by atoms with Gasteiger partial charge in [-0.15, -0.1) is 54.1 Å². The van der Waals surface area contributed by atoms with E-state index in [0.717, 1.165) is 61.3 Å². The van der Waals surface area contributed by atoms with E-state index < -0.39 is 8.07 Å². The van der Waals surface area contributed by atoms with Gasteiger partial charge in [-0.3, -0.25) is 4.98 Å². The number of para-hydroxylation sites is 3. The van der Waals surface area contributed by atoms with Gasteiger partial charge in [0.05, 0.1) is 30.5 Å². The van der Waals surface area contributed by atoms with E-state index >= 15 is 0 Å². The van der Waals surface area contributed by atoms with Crippen LogP contribution in [0.1, 0.15) is 16.7 Å². The van der Waals surface area contributed by atoms with Crippen LogP contribution in [0.15, 0.2) is 120 Å². The fourth-order valence-corrected chi connectivity index (χ4v) is 7.39. The molecule has 0 spiro atoms. The van der Waals surface area contributed by atoms with Crippen LogP contribution < -0.4 is 5.19 Å². The summed E-state index contributed by atoms with van der Waals surface area (Å²) in [4.78, 5) is 9.57. The predicted octanol–water partition coefficient (Wildman–Crippen LogP) is 10.4. The number of pyridine rings is 1. The Morgan fingerprint density at radius 2 is 1.46 bits per heavy atom. The van der Waals surface area contributed by atoms with Crippen LogP contribution in [0.2, 0.25) is 19.6 Å². The van der Waals surface area contributed by atoms with Gasteiger partial charge in [0.15, 0.2) is 0 Å². The second-order valence-electron chi connectivity index (χ2n) is 13.2. The third kappa shape index (κ3) is 6.32. The third-order valence-corrected chi connectivity index (χ3v) is 10.6. The number of hydrogen-bond acceptors (Lipinski definition) is 3. The van der Waals surface area contributed by atoms with Gasteiger partial charge in [0.2, 0.25) is 0 Å². The fourth-order valence-electron chi connectivity index (χ4n) is 6.35. The summed E-state index contributed by atoms with van der Waals surface area (Å²) in [6, 6.07) is 43.8. The first kappa shape index (κ1) is 33.3. The standard InChI is InChI=1S/C28H21N2O.C14H16NSi.Ir/c1-17-15-18(2)26(19(3)16-17)30-24-13-6-5-12-23(24)29-28(30)22-11-8-10-21-20-9-4-7-14-25(20)31-27(21)22;1-16(2,3)13-9-10-14(15-11-13)12-7-5-4-6-8-12;/h4-10,12-16H,1-3H3;4-7,9-11H,1-3H3;/q2*-1;. The van der Waals surface area contributed by atoms with Gasteiger partial charge in [0.1, 0.15) is 5.58 Å². The van der Waals surface area contributed by atoms with Crippen LogP contribution in [0.3, 0.4) is 0 Å². The number of furan rings is 1. The molecule has 241 valence electrons. The van der Waals surface area contributed by atoms with Crippen molar-refractivity contribution >= 4 is 46.2 Å². The monoisotopic (exact) mass is 820 g/mol. The molecule has 8 aromatic rings. The number of hydrogen-bond donors (Lipinski definition) is 0. The molecule has 1 radical (unpaired) electrons. The number of benzene rings is 5. The van der Waals surface area contributed by atoms with E-state index in [4.69, 9.17) is 9.40 Å². The predicted molar refractivity (Wildman–Crippen MR) is 198 cm³/mol. The largest absolute Gasteiger partial charge is 0.501 e. The van der Waals surface area contributed by atoms with Crippen molar-refractivity contribution in [2.45, 2.75) is 40.4 Å². The van der Waals surface area contributed by atoms with Crippen molar-refractivity contribution in [3.8, 4) is 28.3 Å². The molecule has 0 atom stereocenters. The summed E-state index contributed by atoms with van der Waals surface area (Å²) in [6.07, 6.45) is 2.02. The van der Waals surface area contributed by atoms with E-state index in [2.05, 4.69) is 117 Å². The minimum atomic E-state index is -1.23. The average molecular weight is 820 g/mol. The van der Waals surface area contributed by atoms with Gasteiger partial charge in [-0.1, -0.05) is 90.8 Å². The summed E-state index contributed by atoms with van der Waals surface area (Å²) in [5.41, 5.74) is 11.5. The molecule has 0 saturated heterocycles. The Bertz CT molecular complexity index is 2340. The summed E-state index contributed by atoms with van der Waals surface area (Å²) >= 11 is 0. The number of imidazole rings is 1. The van der Waals surface area contributed by atoms with Crippen LogP contribution in [0.25, 0.3) is 61.3 Å². The van der Waals surface area contributed by atoms with Crippen molar-refractivity contribution in [1.82, 2.24) is 14.5 Å². The molecule has 48 heavy (non-hydrogen) atoms. The Balaban J connectivity index is 0.000000201. The SMILES string of the molecule is C[Si](C)(C)c1ccc(-c2[c-]cccc2)nc1.Cc1cc(C)c(-n2c(-c3[c-]ccc4c3oc3ccccc34)nc3ccccc32)c(C)c1.[Ir]. The summed E-state index contributed by atoms with van der Waals surface area (Å²) in [5, 5.41) is 3.59. The van der Waals surface area contributed by atoms with Crippen LogP contribution in [0, 0.1) is 32.9 Å². The molecule has 0 saturated carbocycles. The van der Waals surface area contributed by atoms with Gasteiger partial charge >= 0.3 is 0 Å². The van der Waals surface area contributed by atoms with Gasteiger partial charge < -0.3 is 14.0 Å². The number of rotatable bonds is 4. The van der Waals surface area contributed by atoms with Crippen molar-refractivity contribution < 1.29 is 24.5 Å². The maximum atomic E-state index is 6.32. The van der Waals surface area contributed by atoms with E-state index in [9.17, 15) is 0 Å². The van der Waals surface area contributed by atoms with Crippen molar-refractivity contribution in [1.29, 1.82) is 0 Å². The van der Waals surface area contributed by atoms with Gasteiger partial charge in [0.25, 0.3) is 0 Å². The minimum Gasteiger partial charge on any atom is -0.501 e. The summed E-state index contributed by atoms with van der Waals surface area (Å²) in [7, 11) is -1.23. The molecule has 0 unspecified atom stereocenters. The molecule has 3 heterocycles. The summed E-state index contributed by atoms with van der Waals surface area (Å²) in [6.45, 7) is 13.5. The van der Waals surface area contributed by atoms with E-state index in [-0.39, 0.29) is 20.1 Å². The second kappa shape index (κ2) is 13.5. The van der Waals surface area contributed by atoms with Crippen LogP contribution >= 0.6 is 0 Å². The van der Waals surface area contributed by atoms with Gasteiger partial charge in [-0.05, 0) is 61.0 Å².